The molecule has 2 aliphatic rings. The summed E-state index contributed by atoms with van der Waals surface area (Å²) in [5.74, 6) is -0.524. The SMILES string of the molecule is Cc1ccc(NC(=O)c2cccc(S(=O)(=O)N3c4ccccc4C[C@@H]3C)c2)cc1S(=O)(=O)N1CCCCCC1. The molecule has 0 aromatic heterocycles. The monoisotopic (exact) mass is 567 g/mol. The van der Waals surface area contributed by atoms with Crippen molar-refractivity contribution in [1.82, 2.24) is 4.31 Å². The van der Waals surface area contributed by atoms with Crippen LogP contribution in [0.3, 0.4) is 0 Å². The van der Waals surface area contributed by atoms with Crippen molar-refractivity contribution < 1.29 is 21.6 Å². The lowest BCUT2D eigenvalue weighted by atomic mass is 10.1. The predicted molar refractivity (Wildman–Crippen MR) is 152 cm³/mol. The van der Waals surface area contributed by atoms with Crippen LogP contribution in [0.4, 0.5) is 11.4 Å². The van der Waals surface area contributed by atoms with E-state index in [1.807, 2.05) is 25.1 Å². The molecule has 3 aromatic carbocycles. The van der Waals surface area contributed by atoms with Gasteiger partial charge in [-0.15, -0.1) is 0 Å². The Labute approximate surface area is 230 Å². The molecular formula is C29H33N3O5S2. The molecule has 2 heterocycles. The summed E-state index contributed by atoms with van der Waals surface area (Å²) in [5, 5.41) is 2.76. The Morgan fingerprint density at radius 3 is 2.31 bits per heavy atom. The highest BCUT2D eigenvalue weighted by Gasteiger charge is 2.36. The van der Waals surface area contributed by atoms with Gasteiger partial charge in [0.05, 0.1) is 15.5 Å². The highest BCUT2D eigenvalue weighted by atomic mass is 32.2. The van der Waals surface area contributed by atoms with Crippen molar-refractivity contribution in [3.8, 4) is 0 Å². The molecule has 1 fully saturated rings. The maximum absolute atomic E-state index is 13.6. The number of para-hydroxylation sites is 1. The molecule has 0 spiro atoms. The summed E-state index contributed by atoms with van der Waals surface area (Å²) in [4.78, 5) is 13.4. The van der Waals surface area contributed by atoms with Crippen LogP contribution in [0.1, 0.15) is 54.1 Å². The first kappa shape index (κ1) is 27.4. The van der Waals surface area contributed by atoms with Crippen molar-refractivity contribution in [2.24, 2.45) is 0 Å². The van der Waals surface area contributed by atoms with Gasteiger partial charge >= 0.3 is 0 Å². The third-order valence-corrected chi connectivity index (χ3v) is 11.4. The van der Waals surface area contributed by atoms with E-state index in [1.165, 1.54) is 26.8 Å². The molecular weight excluding hydrogens is 534 g/mol. The van der Waals surface area contributed by atoms with Crippen LogP contribution in [0.15, 0.2) is 76.5 Å². The summed E-state index contributed by atoms with van der Waals surface area (Å²) in [6, 6.07) is 17.9. The predicted octanol–water partition coefficient (Wildman–Crippen LogP) is 4.95. The molecule has 2 aliphatic heterocycles. The van der Waals surface area contributed by atoms with Gasteiger partial charge in [0, 0.05) is 30.4 Å². The molecule has 0 radical (unpaired) electrons. The minimum atomic E-state index is -3.91. The van der Waals surface area contributed by atoms with Crippen LogP contribution in [-0.2, 0) is 26.5 Å². The van der Waals surface area contributed by atoms with Gasteiger partial charge in [-0.05, 0) is 80.6 Å². The maximum atomic E-state index is 13.6. The lowest BCUT2D eigenvalue weighted by Crippen LogP contribution is -2.35. The zero-order valence-electron chi connectivity index (χ0n) is 22.1. The molecule has 1 saturated heterocycles. The molecule has 5 rings (SSSR count). The van der Waals surface area contributed by atoms with E-state index >= 15 is 0 Å². The Hall–Kier alpha value is -3.21. The van der Waals surface area contributed by atoms with Gasteiger partial charge in [0.15, 0.2) is 0 Å². The summed E-state index contributed by atoms with van der Waals surface area (Å²) in [6.45, 7) is 4.57. The van der Waals surface area contributed by atoms with E-state index < -0.39 is 26.0 Å². The molecule has 206 valence electrons. The minimum Gasteiger partial charge on any atom is -0.322 e. The van der Waals surface area contributed by atoms with E-state index in [9.17, 15) is 21.6 Å². The topological polar surface area (TPSA) is 104 Å². The Morgan fingerprint density at radius 1 is 0.846 bits per heavy atom. The Balaban J connectivity index is 1.40. The zero-order valence-corrected chi connectivity index (χ0v) is 23.8. The Morgan fingerprint density at radius 2 is 1.56 bits per heavy atom. The van der Waals surface area contributed by atoms with Gasteiger partial charge in [-0.3, -0.25) is 9.10 Å². The van der Waals surface area contributed by atoms with Crippen LogP contribution >= 0.6 is 0 Å². The van der Waals surface area contributed by atoms with Gasteiger partial charge in [-0.1, -0.05) is 43.2 Å². The molecule has 0 bridgehead atoms. The maximum Gasteiger partial charge on any atom is 0.264 e. The lowest BCUT2D eigenvalue weighted by Gasteiger charge is -2.24. The summed E-state index contributed by atoms with van der Waals surface area (Å²) >= 11 is 0. The smallest absolute Gasteiger partial charge is 0.264 e. The van der Waals surface area contributed by atoms with Crippen molar-refractivity contribution in [1.29, 1.82) is 0 Å². The number of carbonyl (C=O) groups excluding carboxylic acids is 1. The second kappa shape index (κ2) is 10.7. The number of anilines is 2. The summed E-state index contributed by atoms with van der Waals surface area (Å²) < 4.78 is 57.0. The number of hydrogen-bond acceptors (Lipinski definition) is 5. The highest BCUT2D eigenvalue weighted by Crippen LogP contribution is 2.36. The van der Waals surface area contributed by atoms with E-state index in [-0.39, 0.29) is 21.4 Å². The zero-order chi connectivity index (χ0) is 27.8. The summed E-state index contributed by atoms with van der Waals surface area (Å²) in [6.07, 6.45) is 4.30. The average Bonchev–Trinajstić information content (AvgIpc) is 3.06. The number of nitrogens with zero attached hydrogens (tertiary/aromatic N) is 2. The van der Waals surface area contributed by atoms with Crippen molar-refractivity contribution in [2.45, 2.75) is 61.8 Å². The van der Waals surface area contributed by atoms with Crippen molar-refractivity contribution in [3.05, 3.63) is 83.4 Å². The number of aryl methyl sites for hydroxylation is 1. The second-order valence-electron chi connectivity index (χ2n) is 10.3. The van der Waals surface area contributed by atoms with Crippen molar-refractivity contribution in [2.75, 3.05) is 22.7 Å². The number of rotatable bonds is 6. The molecule has 0 unspecified atom stereocenters. The molecule has 0 saturated carbocycles. The Kier molecular flexibility index (Phi) is 7.54. The molecule has 39 heavy (non-hydrogen) atoms. The van der Waals surface area contributed by atoms with E-state index in [0.29, 0.717) is 36.4 Å². The van der Waals surface area contributed by atoms with Crippen molar-refractivity contribution >= 4 is 37.3 Å². The van der Waals surface area contributed by atoms with E-state index in [1.54, 1.807) is 37.3 Å². The number of amides is 1. The van der Waals surface area contributed by atoms with Gasteiger partial charge < -0.3 is 5.32 Å². The fourth-order valence-corrected chi connectivity index (χ4v) is 8.90. The van der Waals surface area contributed by atoms with Gasteiger partial charge in [0.25, 0.3) is 15.9 Å². The highest BCUT2D eigenvalue weighted by molar-refractivity contribution is 7.93. The number of carbonyl (C=O) groups is 1. The lowest BCUT2D eigenvalue weighted by molar-refractivity contribution is 0.102. The van der Waals surface area contributed by atoms with Gasteiger partial charge in [-0.2, -0.15) is 4.31 Å². The number of hydrogen-bond donors (Lipinski definition) is 1. The van der Waals surface area contributed by atoms with Gasteiger partial charge in [-0.25, -0.2) is 16.8 Å². The molecule has 3 aromatic rings. The molecule has 1 N–H and O–H groups in total. The van der Waals surface area contributed by atoms with Crippen LogP contribution in [0, 0.1) is 6.92 Å². The molecule has 0 aliphatic carbocycles. The van der Waals surface area contributed by atoms with Crippen LogP contribution in [0.25, 0.3) is 0 Å². The van der Waals surface area contributed by atoms with Crippen LogP contribution in [-0.4, -0.2) is 46.2 Å². The number of benzene rings is 3. The normalized spacial score (nSPS) is 18.4. The number of sulfonamides is 2. The van der Waals surface area contributed by atoms with E-state index in [2.05, 4.69) is 5.32 Å². The number of fused-ring (bicyclic) bond motifs is 1. The average molecular weight is 568 g/mol. The molecule has 8 nitrogen and oxygen atoms in total. The molecule has 10 heteroatoms. The first-order valence-corrected chi connectivity index (χ1v) is 16.1. The standard InChI is InChI=1S/C29H33N3O5S2/c1-21-14-15-25(20-28(21)39(36,37)31-16-7-3-4-8-17-31)30-29(33)24-11-9-12-26(19-24)38(34,35)32-22(2)18-23-10-5-6-13-27(23)32/h5-6,9-15,19-20,22H,3-4,7-8,16-18H2,1-2H3,(H,30,33)/t22-/m0/s1. The third kappa shape index (κ3) is 5.33. The molecule has 1 amide bonds. The van der Waals surface area contributed by atoms with Gasteiger partial charge in [0.2, 0.25) is 10.0 Å². The van der Waals surface area contributed by atoms with Crippen molar-refractivity contribution in [3.63, 3.8) is 0 Å². The minimum absolute atomic E-state index is 0.0204. The summed E-state index contributed by atoms with van der Waals surface area (Å²) in [7, 11) is -7.62. The van der Waals surface area contributed by atoms with Crippen LogP contribution in [0.5, 0.6) is 0 Å². The fourth-order valence-electron chi connectivity index (χ4n) is 5.39. The quantitative estimate of drug-likeness (QED) is 0.454. The largest absolute Gasteiger partial charge is 0.322 e. The Bertz CT molecular complexity index is 1610. The fraction of sp³-hybridized carbons (Fsp3) is 0.345. The number of nitrogens with one attached hydrogen (secondary N) is 1. The first-order valence-electron chi connectivity index (χ1n) is 13.2. The van der Waals surface area contributed by atoms with Gasteiger partial charge in [0.1, 0.15) is 0 Å². The third-order valence-electron chi connectivity index (χ3n) is 7.43. The molecule has 1 atom stereocenters. The van der Waals surface area contributed by atoms with Crippen LogP contribution in [0.2, 0.25) is 0 Å². The first-order chi connectivity index (χ1) is 18.6. The van der Waals surface area contributed by atoms with E-state index in [0.717, 1.165) is 31.2 Å². The summed E-state index contributed by atoms with van der Waals surface area (Å²) in [5.41, 5.74) is 2.71. The van der Waals surface area contributed by atoms with Crippen LogP contribution < -0.4 is 9.62 Å². The van der Waals surface area contributed by atoms with E-state index in [4.69, 9.17) is 0 Å². The second-order valence-corrected chi connectivity index (χ2v) is 14.0.